The van der Waals surface area contributed by atoms with Crippen molar-refractivity contribution in [1.82, 2.24) is 20.0 Å². The number of carboxylic acid groups (broad SMARTS) is 1. The topological polar surface area (TPSA) is 206 Å². The summed E-state index contributed by atoms with van der Waals surface area (Å²) in [5, 5.41) is 11.9. The Balaban J connectivity index is 2.17. The molecule has 0 fully saturated rings. The van der Waals surface area contributed by atoms with E-state index in [0.29, 0.717) is 17.8 Å². The van der Waals surface area contributed by atoms with Gasteiger partial charge < -0.3 is 31.6 Å². The van der Waals surface area contributed by atoms with Crippen molar-refractivity contribution in [2.45, 2.75) is 64.3 Å². The molecule has 13 nitrogen and oxygen atoms in total. The van der Waals surface area contributed by atoms with E-state index in [9.17, 15) is 24.1 Å². The summed E-state index contributed by atoms with van der Waals surface area (Å²) in [6.45, 7) is 5.12. The van der Waals surface area contributed by atoms with E-state index in [1.165, 1.54) is 11.0 Å². The molecule has 14 heteroatoms. The van der Waals surface area contributed by atoms with Crippen LogP contribution in [-0.4, -0.2) is 67.5 Å². The van der Waals surface area contributed by atoms with Crippen LogP contribution in [0.25, 0.3) is 0 Å². The second kappa shape index (κ2) is 10.5. The predicted octanol–water partition coefficient (Wildman–Crippen LogP) is 0.437. The number of guanidine groups is 1. The third kappa shape index (κ3) is 6.99. The molecule has 0 bridgehead atoms. The lowest BCUT2D eigenvalue weighted by atomic mass is 10.0. The van der Waals surface area contributed by atoms with Gasteiger partial charge in [-0.15, -0.1) is 0 Å². The van der Waals surface area contributed by atoms with Gasteiger partial charge in [-0.25, -0.2) is 9.78 Å². The van der Waals surface area contributed by atoms with Crippen molar-refractivity contribution >= 4 is 31.5 Å². The number of nitrogens with two attached hydrogens (primary N) is 2. The number of rotatable bonds is 9. The Bertz CT molecular complexity index is 906. The van der Waals surface area contributed by atoms with Crippen LogP contribution in [0, 0.1) is 0 Å². The molecule has 1 unspecified atom stereocenters. The molecule has 3 atom stereocenters. The highest BCUT2D eigenvalue weighted by molar-refractivity contribution is 7.60. The summed E-state index contributed by atoms with van der Waals surface area (Å²) in [5.74, 6) is -2.03. The molecular formula is C18H29N7O6P+. The van der Waals surface area contributed by atoms with E-state index >= 15 is 0 Å². The van der Waals surface area contributed by atoms with Crippen LogP contribution in [-0.2, 0) is 31.9 Å². The molecule has 1 aliphatic heterocycles. The largest absolute Gasteiger partial charge is 0.578 e. The molecule has 32 heavy (non-hydrogen) atoms. The summed E-state index contributed by atoms with van der Waals surface area (Å²) in [5.41, 5.74) is 9.87. The molecule has 7 N–H and O–H groups in total. The fourth-order valence-corrected chi connectivity index (χ4v) is 4.35. The molecule has 0 saturated carbocycles. The molecule has 0 spiro atoms. The maximum atomic E-state index is 13.0. The minimum atomic E-state index is -2.74. The first-order valence-electron chi connectivity index (χ1n) is 9.95. The normalized spacial score (nSPS) is 17.6. The van der Waals surface area contributed by atoms with Crippen molar-refractivity contribution in [3.63, 3.8) is 0 Å². The summed E-state index contributed by atoms with van der Waals surface area (Å²) in [7, 11) is -2.74. The maximum absolute atomic E-state index is 13.0. The Labute approximate surface area is 185 Å². The Hall–Kier alpha value is -3.05. The number of carbonyl (C=O) groups excluding carboxylic acids is 2. The summed E-state index contributed by atoms with van der Waals surface area (Å²) >= 11 is 0. The summed E-state index contributed by atoms with van der Waals surface area (Å²) in [6, 6.07) is -2.28. The van der Waals surface area contributed by atoms with Crippen LogP contribution >= 0.6 is 7.95 Å². The van der Waals surface area contributed by atoms with Gasteiger partial charge in [0, 0.05) is 13.0 Å². The number of carbonyl (C=O) groups is 3. The number of fused-ring (bicyclic) bond motifs is 1. The van der Waals surface area contributed by atoms with E-state index in [2.05, 4.69) is 20.3 Å². The van der Waals surface area contributed by atoms with Crippen molar-refractivity contribution in [1.29, 1.82) is 0 Å². The monoisotopic (exact) mass is 470 g/mol. The van der Waals surface area contributed by atoms with Crippen molar-refractivity contribution < 1.29 is 28.8 Å². The standard InChI is InChI=1S/C18H28N7O6P/c1-18(2,3)31-17(29)32(30)25-8-12-11(22-9-23-12)7-13(25)14(26)24-10(15(27)28)5-4-6-21-16(19)20/h9-10,13H,4-8H2,1-3H3,(H6-,19,20,21,22,23,24,26,27,28)/p+1/t10-,13-/m0/s1. The molecule has 1 aromatic heterocycles. The molecule has 2 heterocycles. The van der Waals surface area contributed by atoms with Crippen LogP contribution in [0.4, 0.5) is 4.79 Å². The number of nitrogens with one attached hydrogen (secondary N) is 2. The smallest absolute Gasteiger partial charge is 0.480 e. The number of aliphatic imine (C=N–C) groups is 1. The van der Waals surface area contributed by atoms with Gasteiger partial charge in [-0.1, -0.05) is 4.67 Å². The minimum absolute atomic E-state index is 0.00983. The fourth-order valence-electron chi connectivity index (χ4n) is 3.08. The van der Waals surface area contributed by atoms with Crippen LogP contribution in [0.2, 0.25) is 0 Å². The molecular weight excluding hydrogens is 441 g/mol. The lowest BCUT2D eigenvalue weighted by Crippen LogP contribution is -2.52. The molecule has 0 radical (unpaired) electrons. The number of imidazole rings is 1. The highest BCUT2D eigenvalue weighted by atomic mass is 31.1. The number of H-pyrrole nitrogens is 1. The van der Waals surface area contributed by atoms with Crippen molar-refractivity contribution in [2.24, 2.45) is 16.5 Å². The zero-order valence-electron chi connectivity index (χ0n) is 18.2. The Morgan fingerprint density at radius 1 is 1.44 bits per heavy atom. The van der Waals surface area contributed by atoms with Crippen LogP contribution in [0.3, 0.4) is 0 Å². The van der Waals surface area contributed by atoms with E-state index < -0.39 is 43.2 Å². The number of hydrogen-bond acceptors (Lipinski definition) is 7. The van der Waals surface area contributed by atoms with Crippen LogP contribution in [0.15, 0.2) is 11.3 Å². The van der Waals surface area contributed by atoms with Gasteiger partial charge in [0.15, 0.2) is 5.96 Å². The lowest BCUT2D eigenvalue weighted by molar-refractivity contribution is -0.142. The Morgan fingerprint density at radius 2 is 2.12 bits per heavy atom. The first-order valence-corrected chi connectivity index (χ1v) is 11.2. The number of carboxylic acids is 1. The van der Waals surface area contributed by atoms with Crippen LogP contribution in [0.1, 0.15) is 45.0 Å². The zero-order chi connectivity index (χ0) is 24.1. The average Bonchev–Trinajstić information content (AvgIpc) is 3.14. The van der Waals surface area contributed by atoms with Gasteiger partial charge in [-0.05, 0) is 38.2 Å². The van der Waals surface area contributed by atoms with E-state index in [4.69, 9.17) is 16.2 Å². The first-order chi connectivity index (χ1) is 14.9. The lowest BCUT2D eigenvalue weighted by Gasteiger charge is -2.27. The molecule has 2 rings (SSSR count). The molecule has 1 aliphatic rings. The number of aromatic amines is 1. The van der Waals surface area contributed by atoms with Gasteiger partial charge in [-0.2, -0.15) is 4.79 Å². The van der Waals surface area contributed by atoms with Gasteiger partial charge in [0.2, 0.25) is 5.91 Å². The van der Waals surface area contributed by atoms with Gasteiger partial charge in [0.05, 0.1) is 24.3 Å². The fraction of sp³-hybridized carbons (Fsp3) is 0.611. The number of nitrogens with zero attached hydrogens (tertiary/aromatic N) is 3. The number of ether oxygens (including phenoxy) is 1. The molecule has 1 amide bonds. The second-order valence-corrected chi connectivity index (χ2v) is 9.67. The SMILES string of the molecule is CC(C)(C)OC(=O)[P+](=O)N1Cc2[nH]cnc2C[C@H]1C(=O)N[C@@H](CCCN=C(N)N)C(=O)O. The van der Waals surface area contributed by atoms with Gasteiger partial charge in [-0.3, -0.25) is 9.79 Å². The van der Waals surface area contributed by atoms with E-state index in [1.54, 1.807) is 20.8 Å². The summed E-state index contributed by atoms with van der Waals surface area (Å²) < 4.78 is 19.4. The predicted molar refractivity (Wildman–Crippen MR) is 115 cm³/mol. The second-order valence-electron chi connectivity index (χ2n) is 8.25. The molecule has 0 aliphatic carbocycles. The Kier molecular flexibility index (Phi) is 8.28. The molecule has 176 valence electrons. The van der Waals surface area contributed by atoms with Gasteiger partial charge in [0.25, 0.3) is 0 Å². The van der Waals surface area contributed by atoms with E-state index in [-0.39, 0.29) is 31.9 Å². The van der Waals surface area contributed by atoms with Crippen LogP contribution < -0.4 is 16.8 Å². The average molecular weight is 470 g/mol. The van der Waals surface area contributed by atoms with E-state index in [1.807, 2.05) is 0 Å². The third-order valence-corrected chi connectivity index (χ3v) is 5.81. The van der Waals surface area contributed by atoms with Crippen molar-refractivity contribution in [3.8, 4) is 0 Å². The first kappa shape index (κ1) is 25.2. The zero-order valence-corrected chi connectivity index (χ0v) is 19.1. The summed E-state index contributed by atoms with van der Waals surface area (Å²) in [4.78, 5) is 47.9. The highest BCUT2D eigenvalue weighted by Gasteiger charge is 2.51. The van der Waals surface area contributed by atoms with E-state index in [0.717, 1.165) is 0 Å². The minimum Gasteiger partial charge on any atom is -0.480 e. The number of amides is 1. The molecule has 1 aromatic rings. The quantitative estimate of drug-likeness (QED) is 0.146. The van der Waals surface area contributed by atoms with Crippen molar-refractivity contribution in [3.05, 3.63) is 17.7 Å². The third-order valence-electron chi connectivity index (χ3n) is 4.52. The number of aliphatic carboxylic acids is 1. The number of hydrogen-bond donors (Lipinski definition) is 5. The molecule has 0 aromatic carbocycles. The van der Waals surface area contributed by atoms with Crippen LogP contribution in [0.5, 0.6) is 0 Å². The Morgan fingerprint density at radius 3 is 2.72 bits per heavy atom. The highest BCUT2D eigenvalue weighted by Crippen LogP contribution is 2.38. The van der Waals surface area contributed by atoms with Gasteiger partial charge in [0.1, 0.15) is 17.7 Å². The number of aromatic nitrogens is 2. The molecule has 0 saturated heterocycles. The summed E-state index contributed by atoms with van der Waals surface area (Å²) in [6.07, 6.45) is 1.89. The van der Waals surface area contributed by atoms with Crippen molar-refractivity contribution in [2.75, 3.05) is 6.54 Å². The van der Waals surface area contributed by atoms with Gasteiger partial charge >= 0.3 is 19.6 Å². The maximum Gasteiger partial charge on any atom is 0.578 e.